The quantitative estimate of drug-likeness (QED) is 0.191. The van der Waals surface area contributed by atoms with Crippen LogP contribution in [0.4, 0.5) is 0 Å². The predicted molar refractivity (Wildman–Crippen MR) is 116 cm³/mol. The number of hydrogen-bond donors (Lipinski definition) is 2. The molecule has 3 heteroatoms. The van der Waals surface area contributed by atoms with E-state index in [1.54, 1.807) is 0 Å². The Morgan fingerprint density at radius 3 is 2.33 bits per heavy atom. The number of aliphatic carboxylic acids is 1. The van der Waals surface area contributed by atoms with Crippen molar-refractivity contribution in [3.8, 4) is 0 Å². The van der Waals surface area contributed by atoms with Crippen LogP contribution in [0.3, 0.4) is 0 Å². The Hall–Kier alpha value is -1.87. The molecule has 0 fully saturated rings. The maximum atomic E-state index is 10.4. The standard InChI is InChI=1S/C24H38O3/c1-3-4-5-6-7-13-18-23(21-25)19-14-10-12-17-22(2)16-11-8-9-15-20-24(26)27/h7-14,16,19,22-23,25H,3-6,15,17-18,20-21H2,1-2H3,(H,26,27)/b9-8-,12-10-,13-7-,16-11+,19-14-. The Labute approximate surface area is 165 Å². The summed E-state index contributed by atoms with van der Waals surface area (Å²) in [5.74, 6) is -0.148. The van der Waals surface area contributed by atoms with Gasteiger partial charge in [0.1, 0.15) is 0 Å². The van der Waals surface area contributed by atoms with Gasteiger partial charge in [0, 0.05) is 18.9 Å². The van der Waals surface area contributed by atoms with Gasteiger partial charge in [-0.3, -0.25) is 4.79 Å². The zero-order valence-corrected chi connectivity index (χ0v) is 17.1. The first-order chi connectivity index (χ1) is 13.1. The number of rotatable bonds is 16. The first kappa shape index (κ1) is 25.1. The number of allylic oxidation sites excluding steroid dienone is 9. The summed E-state index contributed by atoms with van der Waals surface area (Å²) < 4.78 is 0. The molecule has 0 aliphatic heterocycles. The van der Waals surface area contributed by atoms with Gasteiger partial charge in [-0.15, -0.1) is 0 Å². The normalized spacial score (nSPS) is 15.1. The number of unbranched alkanes of at least 4 members (excludes halogenated alkanes) is 3. The lowest BCUT2D eigenvalue weighted by atomic mass is 10.0. The topological polar surface area (TPSA) is 57.5 Å². The molecule has 0 aromatic rings. The minimum absolute atomic E-state index is 0.178. The molecule has 0 saturated heterocycles. The minimum atomic E-state index is -0.762. The second-order valence-electron chi connectivity index (χ2n) is 6.92. The largest absolute Gasteiger partial charge is 0.481 e. The second kappa shape index (κ2) is 18.9. The van der Waals surface area contributed by atoms with Gasteiger partial charge in [0.2, 0.25) is 0 Å². The summed E-state index contributed by atoms with van der Waals surface area (Å²) in [4.78, 5) is 10.4. The summed E-state index contributed by atoms with van der Waals surface area (Å²) in [6, 6.07) is 0. The van der Waals surface area contributed by atoms with Crippen LogP contribution >= 0.6 is 0 Å². The summed E-state index contributed by atoms with van der Waals surface area (Å²) in [5, 5.41) is 18.0. The second-order valence-corrected chi connectivity index (χ2v) is 6.92. The average Bonchev–Trinajstić information content (AvgIpc) is 2.65. The summed E-state index contributed by atoms with van der Waals surface area (Å²) in [7, 11) is 0. The fourth-order valence-electron chi connectivity index (χ4n) is 2.42. The van der Waals surface area contributed by atoms with Gasteiger partial charge in [-0.1, -0.05) is 87.4 Å². The fraction of sp³-hybridized carbons (Fsp3) is 0.542. The van der Waals surface area contributed by atoms with Crippen molar-refractivity contribution < 1.29 is 15.0 Å². The molecule has 2 atom stereocenters. The van der Waals surface area contributed by atoms with E-state index in [1.165, 1.54) is 19.3 Å². The summed E-state index contributed by atoms with van der Waals surface area (Å²) in [6.45, 7) is 4.54. The highest BCUT2D eigenvalue weighted by atomic mass is 16.4. The number of aliphatic hydroxyl groups excluding tert-OH is 1. The van der Waals surface area contributed by atoms with E-state index >= 15 is 0 Å². The van der Waals surface area contributed by atoms with E-state index in [2.05, 4.69) is 44.2 Å². The third-order valence-electron chi connectivity index (χ3n) is 4.16. The van der Waals surface area contributed by atoms with E-state index in [4.69, 9.17) is 5.11 Å². The highest BCUT2D eigenvalue weighted by Gasteiger charge is 1.98. The molecule has 27 heavy (non-hydrogen) atoms. The molecule has 152 valence electrons. The minimum Gasteiger partial charge on any atom is -0.481 e. The van der Waals surface area contributed by atoms with E-state index in [0.29, 0.717) is 12.3 Å². The van der Waals surface area contributed by atoms with Crippen molar-refractivity contribution >= 4 is 5.97 Å². The Morgan fingerprint density at radius 2 is 1.63 bits per heavy atom. The Bertz CT molecular complexity index is 498. The van der Waals surface area contributed by atoms with Crippen LogP contribution in [0.15, 0.2) is 60.8 Å². The van der Waals surface area contributed by atoms with Crippen molar-refractivity contribution in [3.05, 3.63) is 60.8 Å². The van der Waals surface area contributed by atoms with Crippen LogP contribution in [-0.2, 0) is 4.79 Å². The molecule has 0 amide bonds. The molecule has 0 aromatic heterocycles. The zero-order valence-electron chi connectivity index (χ0n) is 17.1. The Balaban J connectivity index is 4.00. The van der Waals surface area contributed by atoms with Crippen molar-refractivity contribution in [2.45, 2.75) is 65.2 Å². The molecule has 2 N–H and O–H groups in total. The number of aliphatic hydroxyl groups is 1. The van der Waals surface area contributed by atoms with Crippen molar-refractivity contribution in [1.82, 2.24) is 0 Å². The lowest BCUT2D eigenvalue weighted by Gasteiger charge is -2.04. The lowest BCUT2D eigenvalue weighted by Crippen LogP contribution is -2.00. The summed E-state index contributed by atoms with van der Waals surface area (Å²) in [5.41, 5.74) is 0. The summed E-state index contributed by atoms with van der Waals surface area (Å²) in [6.07, 6.45) is 28.1. The molecule has 0 spiro atoms. The lowest BCUT2D eigenvalue weighted by molar-refractivity contribution is -0.136. The number of hydrogen-bond acceptors (Lipinski definition) is 2. The van der Waals surface area contributed by atoms with E-state index in [-0.39, 0.29) is 18.9 Å². The van der Waals surface area contributed by atoms with Gasteiger partial charge in [-0.2, -0.15) is 0 Å². The Morgan fingerprint density at radius 1 is 0.889 bits per heavy atom. The molecule has 2 unspecified atom stereocenters. The third kappa shape index (κ3) is 18.7. The number of carbonyl (C=O) groups is 1. The summed E-state index contributed by atoms with van der Waals surface area (Å²) >= 11 is 0. The zero-order chi connectivity index (χ0) is 20.2. The van der Waals surface area contributed by atoms with Crippen molar-refractivity contribution in [2.24, 2.45) is 11.8 Å². The van der Waals surface area contributed by atoms with E-state index < -0.39 is 5.97 Å². The van der Waals surface area contributed by atoms with Crippen molar-refractivity contribution in [3.63, 3.8) is 0 Å². The van der Waals surface area contributed by atoms with Crippen LogP contribution in [-0.4, -0.2) is 22.8 Å². The maximum absolute atomic E-state index is 10.4. The molecule has 0 bridgehead atoms. The first-order valence-corrected chi connectivity index (χ1v) is 10.2. The van der Waals surface area contributed by atoms with Gasteiger partial charge in [0.15, 0.2) is 0 Å². The van der Waals surface area contributed by atoms with Gasteiger partial charge in [0.25, 0.3) is 0 Å². The molecule has 0 rings (SSSR count). The van der Waals surface area contributed by atoms with Crippen LogP contribution in [0.2, 0.25) is 0 Å². The van der Waals surface area contributed by atoms with Crippen molar-refractivity contribution in [1.29, 1.82) is 0 Å². The SMILES string of the molecule is CCCCC/C=C\CC(/C=C\C=C/CC(C)/C=C/C=C\CCC(=O)O)CO. The fourth-order valence-corrected chi connectivity index (χ4v) is 2.42. The number of carboxylic acids is 1. The first-order valence-electron chi connectivity index (χ1n) is 10.2. The van der Waals surface area contributed by atoms with Crippen LogP contribution in [0.5, 0.6) is 0 Å². The monoisotopic (exact) mass is 374 g/mol. The predicted octanol–water partition coefficient (Wildman–Crippen LogP) is 6.24. The molecular formula is C24H38O3. The smallest absolute Gasteiger partial charge is 0.303 e. The van der Waals surface area contributed by atoms with Gasteiger partial charge >= 0.3 is 5.97 Å². The highest BCUT2D eigenvalue weighted by molar-refractivity contribution is 5.66. The number of carboxylic acid groups (broad SMARTS) is 1. The molecule has 0 saturated carbocycles. The van der Waals surface area contributed by atoms with Gasteiger partial charge in [0.05, 0.1) is 0 Å². The van der Waals surface area contributed by atoms with Gasteiger partial charge in [-0.25, -0.2) is 0 Å². The van der Waals surface area contributed by atoms with Gasteiger partial charge in [-0.05, 0) is 38.0 Å². The molecule has 0 aliphatic carbocycles. The molecular weight excluding hydrogens is 336 g/mol. The van der Waals surface area contributed by atoms with E-state index in [0.717, 1.165) is 19.3 Å². The maximum Gasteiger partial charge on any atom is 0.303 e. The molecule has 0 heterocycles. The molecule has 0 aliphatic rings. The van der Waals surface area contributed by atoms with Crippen molar-refractivity contribution in [2.75, 3.05) is 6.61 Å². The molecule has 3 nitrogen and oxygen atoms in total. The van der Waals surface area contributed by atoms with E-state index in [1.807, 2.05) is 30.4 Å². The Kier molecular flexibility index (Phi) is 17.6. The van der Waals surface area contributed by atoms with Crippen LogP contribution in [0, 0.1) is 11.8 Å². The highest BCUT2D eigenvalue weighted by Crippen LogP contribution is 2.09. The van der Waals surface area contributed by atoms with Crippen LogP contribution in [0.1, 0.15) is 65.2 Å². The van der Waals surface area contributed by atoms with Crippen LogP contribution < -0.4 is 0 Å². The molecule has 0 aromatic carbocycles. The van der Waals surface area contributed by atoms with Gasteiger partial charge < -0.3 is 10.2 Å². The third-order valence-corrected chi connectivity index (χ3v) is 4.16. The van der Waals surface area contributed by atoms with Crippen LogP contribution in [0.25, 0.3) is 0 Å². The molecule has 0 radical (unpaired) electrons. The van der Waals surface area contributed by atoms with E-state index in [9.17, 15) is 9.90 Å². The average molecular weight is 375 g/mol.